The molecule has 0 heterocycles. The first-order valence-corrected chi connectivity index (χ1v) is 13.7. The van der Waals surface area contributed by atoms with Crippen LogP contribution in [-0.4, -0.2) is 40.8 Å². The standard InChI is InChI=1S/C29H48O5/c1-18(2)8-7-9-19(3)23-10-11-24(28(23,5)14-15-34-20(4)30)22-17-26(32)25-16-21(31)12-13-29(25,6)27(22)33/h17-19,21,23-26,31-32H,7-16H2,1-6H3/t19-,21+,23-,24+,25-,26+,28+,29+/m1/s1. The number of hydrogen-bond acceptors (Lipinski definition) is 5. The van der Waals surface area contributed by atoms with Crippen molar-refractivity contribution in [3.05, 3.63) is 11.6 Å². The zero-order valence-corrected chi connectivity index (χ0v) is 22.3. The monoisotopic (exact) mass is 476 g/mol. The van der Waals surface area contributed by atoms with Gasteiger partial charge >= 0.3 is 5.97 Å². The van der Waals surface area contributed by atoms with Gasteiger partial charge in [-0.15, -0.1) is 0 Å². The molecule has 0 saturated heterocycles. The van der Waals surface area contributed by atoms with Crippen molar-refractivity contribution in [3.8, 4) is 0 Å². The minimum absolute atomic E-state index is 0.0624. The topological polar surface area (TPSA) is 83.8 Å². The van der Waals surface area contributed by atoms with Gasteiger partial charge in [0.1, 0.15) is 0 Å². The van der Waals surface area contributed by atoms with Gasteiger partial charge in [0.25, 0.3) is 0 Å². The summed E-state index contributed by atoms with van der Waals surface area (Å²) in [5, 5.41) is 21.3. The summed E-state index contributed by atoms with van der Waals surface area (Å²) in [4.78, 5) is 25.5. The van der Waals surface area contributed by atoms with E-state index in [1.54, 1.807) is 0 Å². The number of hydrogen-bond donors (Lipinski definition) is 2. The lowest BCUT2D eigenvalue weighted by molar-refractivity contribution is -0.143. The van der Waals surface area contributed by atoms with Gasteiger partial charge in [-0.25, -0.2) is 0 Å². The molecule has 0 amide bonds. The van der Waals surface area contributed by atoms with E-state index in [-0.39, 0.29) is 29.0 Å². The maximum absolute atomic E-state index is 14.0. The fourth-order valence-electron chi connectivity index (χ4n) is 7.63. The highest BCUT2D eigenvalue weighted by atomic mass is 16.5. The van der Waals surface area contributed by atoms with E-state index >= 15 is 0 Å². The van der Waals surface area contributed by atoms with Crippen LogP contribution >= 0.6 is 0 Å². The molecule has 3 aliphatic rings. The molecule has 3 rings (SSSR count). The molecule has 0 aromatic heterocycles. The molecule has 5 heteroatoms. The number of aliphatic hydroxyl groups is 2. The molecule has 0 aromatic carbocycles. The molecule has 0 unspecified atom stereocenters. The second-order valence-corrected chi connectivity index (χ2v) is 12.5. The van der Waals surface area contributed by atoms with Crippen molar-refractivity contribution in [2.75, 3.05) is 6.61 Å². The Morgan fingerprint density at radius 1 is 1.15 bits per heavy atom. The molecule has 2 N–H and O–H groups in total. The molecule has 8 atom stereocenters. The van der Waals surface area contributed by atoms with Crippen molar-refractivity contribution < 1.29 is 24.5 Å². The Labute approximate surface area is 206 Å². The van der Waals surface area contributed by atoms with Crippen LogP contribution in [0.25, 0.3) is 0 Å². The lowest BCUT2D eigenvalue weighted by Gasteiger charge is -2.49. The zero-order valence-electron chi connectivity index (χ0n) is 22.3. The summed E-state index contributed by atoms with van der Waals surface area (Å²) in [6, 6.07) is 0. The van der Waals surface area contributed by atoms with Crippen molar-refractivity contribution in [2.24, 2.45) is 40.4 Å². The maximum Gasteiger partial charge on any atom is 0.302 e. The van der Waals surface area contributed by atoms with Gasteiger partial charge in [-0.1, -0.05) is 53.9 Å². The van der Waals surface area contributed by atoms with Gasteiger partial charge in [-0.3, -0.25) is 9.59 Å². The Morgan fingerprint density at radius 3 is 2.50 bits per heavy atom. The maximum atomic E-state index is 14.0. The first-order valence-electron chi connectivity index (χ1n) is 13.7. The van der Waals surface area contributed by atoms with Gasteiger partial charge in [0.15, 0.2) is 5.78 Å². The summed E-state index contributed by atoms with van der Waals surface area (Å²) >= 11 is 0. The van der Waals surface area contributed by atoms with Crippen molar-refractivity contribution in [2.45, 2.75) is 112 Å². The smallest absolute Gasteiger partial charge is 0.302 e. The zero-order chi connectivity index (χ0) is 25.3. The molecule has 3 aliphatic carbocycles. The Bertz CT molecular complexity index is 772. The van der Waals surface area contributed by atoms with Crippen LogP contribution in [0.15, 0.2) is 11.6 Å². The summed E-state index contributed by atoms with van der Waals surface area (Å²) in [5.74, 6) is 1.44. The first kappa shape index (κ1) is 27.4. The number of esters is 1. The molecule has 0 spiro atoms. The third-order valence-corrected chi connectivity index (χ3v) is 9.74. The summed E-state index contributed by atoms with van der Waals surface area (Å²) in [6.45, 7) is 13.0. The van der Waals surface area contributed by atoms with Crippen molar-refractivity contribution in [1.29, 1.82) is 0 Å². The largest absolute Gasteiger partial charge is 0.466 e. The van der Waals surface area contributed by atoms with E-state index in [2.05, 4.69) is 27.7 Å². The van der Waals surface area contributed by atoms with Crippen LogP contribution in [0, 0.1) is 40.4 Å². The van der Waals surface area contributed by atoms with E-state index in [9.17, 15) is 19.8 Å². The number of carbonyl (C=O) groups excluding carboxylic acids is 2. The van der Waals surface area contributed by atoms with Gasteiger partial charge in [-0.05, 0) is 79.3 Å². The number of allylic oxidation sites excluding steroid dienone is 1. The normalized spacial score (nSPS) is 39.0. The van der Waals surface area contributed by atoms with Gasteiger partial charge in [0.05, 0.1) is 18.8 Å². The number of fused-ring (bicyclic) bond motifs is 1. The molecule has 34 heavy (non-hydrogen) atoms. The van der Waals surface area contributed by atoms with Gasteiger partial charge in [-0.2, -0.15) is 0 Å². The quantitative estimate of drug-likeness (QED) is 0.431. The minimum Gasteiger partial charge on any atom is -0.466 e. The van der Waals surface area contributed by atoms with Gasteiger partial charge in [0.2, 0.25) is 0 Å². The molecule has 0 aromatic rings. The summed E-state index contributed by atoms with van der Waals surface area (Å²) in [7, 11) is 0. The van der Waals surface area contributed by atoms with Crippen LogP contribution in [0.5, 0.6) is 0 Å². The van der Waals surface area contributed by atoms with E-state index in [4.69, 9.17) is 4.74 Å². The Balaban J connectivity index is 1.88. The molecular weight excluding hydrogens is 428 g/mol. The first-order chi connectivity index (χ1) is 15.9. The average molecular weight is 477 g/mol. The second-order valence-electron chi connectivity index (χ2n) is 12.5. The number of rotatable bonds is 9. The third kappa shape index (κ3) is 5.46. The van der Waals surface area contributed by atoms with E-state index < -0.39 is 17.6 Å². The minimum atomic E-state index is -0.701. The highest BCUT2D eigenvalue weighted by molar-refractivity contribution is 6.01. The summed E-state index contributed by atoms with van der Waals surface area (Å²) < 4.78 is 5.39. The summed E-state index contributed by atoms with van der Waals surface area (Å²) in [6.07, 6.45) is 8.74. The van der Waals surface area contributed by atoms with Crippen molar-refractivity contribution in [1.82, 2.24) is 0 Å². The van der Waals surface area contributed by atoms with E-state index in [1.165, 1.54) is 26.2 Å². The molecular formula is C29H48O5. The van der Waals surface area contributed by atoms with E-state index in [0.717, 1.165) is 24.8 Å². The molecule has 0 aliphatic heterocycles. The van der Waals surface area contributed by atoms with Crippen LogP contribution < -0.4 is 0 Å². The SMILES string of the molecule is CC(=O)OCC[C@@]1(C)[C@@H]([C@H](C)CCCC(C)C)CC[C@H]1C1=C[C@H](O)[C@H]2C[C@@H](O)CC[C@]2(C)C1=O. The fraction of sp³-hybridized carbons (Fsp3) is 0.862. The number of Topliss-reactive ketones (excluding diaryl/α,β-unsaturated/α-hetero) is 1. The number of ether oxygens (including phenoxy) is 1. The van der Waals surface area contributed by atoms with Crippen molar-refractivity contribution >= 4 is 11.8 Å². The lowest BCUT2D eigenvalue weighted by Crippen LogP contribution is -2.52. The molecule has 2 fully saturated rings. The number of aliphatic hydroxyl groups excluding tert-OH is 2. The predicted molar refractivity (Wildman–Crippen MR) is 134 cm³/mol. The Morgan fingerprint density at radius 2 is 1.85 bits per heavy atom. The molecule has 0 bridgehead atoms. The van der Waals surface area contributed by atoms with Crippen LogP contribution in [-0.2, 0) is 14.3 Å². The summed E-state index contributed by atoms with van der Waals surface area (Å²) in [5.41, 5.74) is 0.0241. The van der Waals surface area contributed by atoms with Gasteiger partial charge in [0, 0.05) is 18.3 Å². The average Bonchev–Trinajstić information content (AvgIpc) is 3.08. The van der Waals surface area contributed by atoms with Crippen LogP contribution in [0.2, 0.25) is 0 Å². The third-order valence-electron chi connectivity index (χ3n) is 9.74. The highest BCUT2D eigenvalue weighted by Crippen LogP contribution is 2.59. The predicted octanol–water partition coefficient (Wildman–Crippen LogP) is 5.47. The van der Waals surface area contributed by atoms with Crippen molar-refractivity contribution in [3.63, 3.8) is 0 Å². The van der Waals surface area contributed by atoms with Gasteiger partial charge < -0.3 is 14.9 Å². The highest BCUT2D eigenvalue weighted by Gasteiger charge is 2.56. The molecule has 5 nitrogen and oxygen atoms in total. The van der Waals surface area contributed by atoms with Crippen LogP contribution in [0.1, 0.15) is 99.3 Å². The Kier molecular flexibility index (Phi) is 8.72. The molecule has 2 saturated carbocycles. The Hall–Kier alpha value is -1.20. The van der Waals surface area contributed by atoms with Crippen LogP contribution in [0.3, 0.4) is 0 Å². The lowest BCUT2D eigenvalue weighted by atomic mass is 9.55. The fourth-order valence-corrected chi connectivity index (χ4v) is 7.63. The molecule has 194 valence electrons. The van der Waals surface area contributed by atoms with E-state index in [1.807, 2.05) is 13.0 Å². The number of carbonyl (C=O) groups is 2. The second kappa shape index (κ2) is 10.8. The van der Waals surface area contributed by atoms with Crippen LogP contribution in [0.4, 0.5) is 0 Å². The van der Waals surface area contributed by atoms with E-state index in [0.29, 0.717) is 43.6 Å². The number of ketones is 1. The molecule has 0 radical (unpaired) electrons.